The third-order valence-corrected chi connectivity index (χ3v) is 5.43. The number of aliphatic imine (C=N–C) groups is 1. The smallest absolute Gasteiger partial charge is 0.195 e. The van der Waals surface area contributed by atoms with Gasteiger partial charge in [-0.05, 0) is 18.6 Å². The Balaban J connectivity index is 1.42. The summed E-state index contributed by atoms with van der Waals surface area (Å²) in [6.45, 7) is 6.31. The molecule has 150 valence electrons. The Kier molecular flexibility index (Phi) is 10.9. The third kappa shape index (κ3) is 8.77. The number of benzene rings is 1. The van der Waals surface area contributed by atoms with Gasteiger partial charge in [0.2, 0.25) is 0 Å². The van der Waals surface area contributed by atoms with Crippen molar-refractivity contribution in [2.75, 3.05) is 0 Å². The van der Waals surface area contributed by atoms with E-state index in [1.54, 1.807) is 0 Å². The number of nitrogens with zero attached hydrogens (tertiary/aromatic N) is 1. The van der Waals surface area contributed by atoms with E-state index in [2.05, 4.69) is 18.5 Å². The van der Waals surface area contributed by atoms with E-state index in [1.165, 1.54) is 83.5 Å². The van der Waals surface area contributed by atoms with E-state index in [9.17, 15) is 0 Å². The fraction of sp³-hybridized carbons (Fsp3) is 0.640. The normalized spacial score (nSPS) is 13.2. The minimum Gasteiger partial charge on any atom is -0.443 e. The molecule has 2 rings (SSSR count). The second-order valence-electron chi connectivity index (χ2n) is 7.89. The number of unbranched alkanes of at least 4 members (excludes halogenated alkanes) is 13. The predicted molar refractivity (Wildman–Crippen MR) is 119 cm³/mol. The van der Waals surface area contributed by atoms with Crippen molar-refractivity contribution in [3.8, 4) is 0 Å². The maximum Gasteiger partial charge on any atom is 0.195 e. The lowest BCUT2D eigenvalue weighted by atomic mass is 10.0. The maximum absolute atomic E-state index is 5.78. The van der Waals surface area contributed by atoms with Gasteiger partial charge < -0.3 is 4.74 Å². The molecule has 27 heavy (non-hydrogen) atoms. The molecule has 0 spiro atoms. The molecule has 1 aliphatic heterocycles. The van der Waals surface area contributed by atoms with Crippen molar-refractivity contribution < 1.29 is 4.74 Å². The van der Waals surface area contributed by atoms with Crippen LogP contribution in [0, 0.1) is 0 Å². The van der Waals surface area contributed by atoms with Gasteiger partial charge in [-0.3, -0.25) is 0 Å². The number of hydrogen-bond acceptors (Lipinski definition) is 2. The highest BCUT2D eigenvalue weighted by atomic mass is 16.5. The van der Waals surface area contributed by atoms with Crippen LogP contribution in [0.1, 0.15) is 109 Å². The van der Waals surface area contributed by atoms with E-state index in [1.807, 2.05) is 24.3 Å². The summed E-state index contributed by atoms with van der Waals surface area (Å²) in [5.41, 5.74) is 2.01. The predicted octanol–water partition coefficient (Wildman–Crippen LogP) is 8.59. The number of rotatable bonds is 15. The molecular formula is C25H39NO. The molecule has 1 aliphatic rings. The van der Waals surface area contributed by atoms with E-state index in [4.69, 9.17) is 4.74 Å². The quantitative estimate of drug-likeness (QED) is 0.284. The first kappa shape index (κ1) is 21.7. The number of fused-ring (bicyclic) bond motifs is 1. The molecule has 1 aromatic carbocycles. The van der Waals surface area contributed by atoms with Crippen molar-refractivity contribution in [2.45, 2.75) is 103 Å². The second-order valence-corrected chi connectivity index (χ2v) is 7.89. The fourth-order valence-electron chi connectivity index (χ4n) is 3.74. The molecule has 0 amide bonds. The number of ether oxygens (including phenoxy) is 1. The van der Waals surface area contributed by atoms with Crippen LogP contribution in [-0.4, -0.2) is 5.90 Å². The van der Waals surface area contributed by atoms with Crippen LogP contribution < -0.4 is 0 Å². The highest BCUT2D eigenvalue weighted by molar-refractivity contribution is 5.90. The largest absolute Gasteiger partial charge is 0.443 e. The summed E-state index contributed by atoms with van der Waals surface area (Å²) < 4.78 is 5.78. The lowest BCUT2D eigenvalue weighted by molar-refractivity contribution is 0.476. The Morgan fingerprint density at radius 2 is 1.26 bits per heavy atom. The third-order valence-electron chi connectivity index (χ3n) is 5.43. The Morgan fingerprint density at radius 1 is 0.741 bits per heavy atom. The van der Waals surface area contributed by atoms with Crippen LogP contribution in [-0.2, 0) is 4.74 Å². The van der Waals surface area contributed by atoms with Crippen LogP contribution in [0.4, 0.5) is 5.69 Å². The standard InChI is InChI=1S/C25H39NO/c1-3-4-5-6-7-8-9-10-11-12-13-14-15-16-21-25-26-24-20-18-17-19-23(24)22(2)27-25/h17-20H,2-16,21H2,1H3. The average molecular weight is 370 g/mol. The first-order valence-corrected chi connectivity index (χ1v) is 11.3. The van der Waals surface area contributed by atoms with Crippen molar-refractivity contribution in [1.82, 2.24) is 0 Å². The van der Waals surface area contributed by atoms with E-state index in [0.717, 1.165) is 35.7 Å². The summed E-state index contributed by atoms with van der Waals surface area (Å²) >= 11 is 0. The van der Waals surface area contributed by atoms with Crippen LogP contribution in [0.25, 0.3) is 5.76 Å². The van der Waals surface area contributed by atoms with Crippen molar-refractivity contribution in [3.63, 3.8) is 0 Å². The van der Waals surface area contributed by atoms with Gasteiger partial charge in [0.25, 0.3) is 0 Å². The molecule has 2 heteroatoms. The molecule has 0 atom stereocenters. The van der Waals surface area contributed by atoms with Crippen LogP contribution >= 0.6 is 0 Å². The van der Waals surface area contributed by atoms with Gasteiger partial charge in [0.05, 0.1) is 5.69 Å². The van der Waals surface area contributed by atoms with Crippen LogP contribution in [0.2, 0.25) is 0 Å². The Labute approximate surface area is 167 Å². The van der Waals surface area contributed by atoms with Crippen molar-refractivity contribution >= 4 is 17.3 Å². The summed E-state index contributed by atoms with van der Waals surface area (Å²) in [7, 11) is 0. The van der Waals surface area contributed by atoms with Gasteiger partial charge >= 0.3 is 0 Å². The summed E-state index contributed by atoms with van der Waals surface area (Å²) in [6.07, 6.45) is 20.3. The van der Waals surface area contributed by atoms with Crippen molar-refractivity contribution in [2.24, 2.45) is 4.99 Å². The molecule has 0 fully saturated rings. The molecule has 0 bridgehead atoms. The molecule has 0 unspecified atom stereocenters. The first-order chi connectivity index (χ1) is 13.3. The minimum atomic E-state index is 0.737. The Morgan fingerprint density at radius 3 is 1.85 bits per heavy atom. The van der Waals surface area contributed by atoms with Gasteiger partial charge in [-0.15, -0.1) is 0 Å². The zero-order chi connectivity index (χ0) is 19.2. The Bertz CT molecular complexity index is 575. The molecule has 0 radical (unpaired) electrons. The van der Waals surface area contributed by atoms with Gasteiger partial charge in [-0.25, -0.2) is 4.99 Å². The Hall–Kier alpha value is -1.57. The van der Waals surface area contributed by atoms with E-state index in [0.29, 0.717) is 0 Å². The molecular weight excluding hydrogens is 330 g/mol. The lowest BCUT2D eigenvalue weighted by Crippen LogP contribution is -2.08. The summed E-state index contributed by atoms with van der Waals surface area (Å²) in [4.78, 5) is 4.63. The van der Waals surface area contributed by atoms with Gasteiger partial charge in [-0.1, -0.05) is 109 Å². The number of hydrogen-bond donors (Lipinski definition) is 0. The zero-order valence-corrected chi connectivity index (χ0v) is 17.5. The van der Waals surface area contributed by atoms with Gasteiger partial charge in [-0.2, -0.15) is 0 Å². The van der Waals surface area contributed by atoms with E-state index >= 15 is 0 Å². The molecule has 1 aromatic rings. The lowest BCUT2D eigenvalue weighted by Gasteiger charge is -2.18. The van der Waals surface area contributed by atoms with Crippen LogP contribution in [0.5, 0.6) is 0 Å². The number of para-hydroxylation sites is 1. The van der Waals surface area contributed by atoms with Crippen molar-refractivity contribution in [1.29, 1.82) is 0 Å². The molecule has 2 nitrogen and oxygen atoms in total. The van der Waals surface area contributed by atoms with Gasteiger partial charge in [0, 0.05) is 12.0 Å². The highest BCUT2D eigenvalue weighted by Gasteiger charge is 2.15. The minimum absolute atomic E-state index is 0.737. The highest BCUT2D eigenvalue weighted by Crippen LogP contribution is 2.31. The monoisotopic (exact) mass is 369 g/mol. The van der Waals surface area contributed by atoms with E-state index < -0.39 is 0 Å². The summed E-state index contributed by atoms with van der Waals surface area (Å²) in [5.74, 6) is 1.57. The maximum atomic E-state index is 5.78. The topological polar surface area (TPSA) is 21.6 Å². The van der Waals surface area contributed by atoms with Crippen LogP contribution in [0.15, 0.2) is 35.8 Å². The molecule has 0 N–H and O–H groups in total. The fourth-order valence-corrected chi connectivity index (χ4v) is 3.74. The van der Waals surface area contributed by atoms with E-state index in [-0.39, 0.29) is 0 Å². The average Bonchev–Trinajstić information content (AvgIpc) is 2.68. The molecule has 1 heterocycles. The van der Waals surface area contributed by atoms with Gasteiger partial charge in [0.15, 0.2) is 5.90 Å². The molecule has 0 aromatic heterocycles. The van der Waals surface area contributed by atoms with Gasteiger partial charge in [0.1, 0.15) is 5.76 Å². The zero-order valence-electron chi connectivity index (χ0n) is 17.5. The summed E-state index contributed by atoms with van der Waals surface area (Å²) in [5, 5.41) is 0. The second kappa shape index (κ2) is 13.6. The summed E-state index contributed by atoms with van der Waals surface area (Å²) in [6, 6.07) is 8.07. The molecule has 0 aliphatic carbocycles. The molecule has 0 saturated heterocycles. The van der Waals surface area contributed by atoms with Crippen molar-refractivity contribution in [3.05, 3.63) is 36.4 Å². The van der Waals surface area contributed by atoms with Crippen LogP contribution in [0.3, 0.4) is 0 Å². The first-order valence-electron chi connectivity index (χ1n) is 11.3. The molecule has 0 saturated carbocycles. The SMILES string of the molecule is C=C1OC(CCCCCCCCCCCCCCCC)=Nc2ccccc21.